The van der Waals surface area contributed by atoms with E-state index in [2.05, 4.69) is 15.2 Å². The largest absolute Gasteiger partial charge is 0.262 e. The van der Waals surface area contributed by atoms with E-state index in [1.807, 2.05) is 30.3 Å². The molecule has 0 bridgehead atoms. The summed E-state index contributed by atoms with van der Waals surface area (Å²) in [4.78, 5) is 4.06. The number of hydrogen-bond donors (Lipinski definition) is 1. The highest BCUT2D eigenvalue weighted by atomic mass is 32.2. The summed E-state index contributed by atoms with van der Waals surface area (Å²) in [7, 11) is -1.12. The lowest BCUT2D eigenvalue weighted by atomic mass is 10.2. The zero-order valence-corrected chi connectivity index (χ0v) is 9.83. The van der Waals surface area contributed by atoms with E-state index in [1.54, 1.807) is 6.92 Å². The van der Waals surface area contributed by atoms with Crippen LogP contribution in [0.3, 0.4) is 0 Å². The molecule has 1 aromatic carbocycles. The lowest BCUT2D eigenvalue weighted by Gasteiger charge is -1.98. The molecule has 1 N–H and O–H groups in total. The number of hydrogen-bond acceptors (Lipinski definition) is 3. The molecular weight excluding hydrogens is 222 g/mol. The van der Waals surface area contributed by atoms with E-state index in [4.69, 9.17) is 0 Å². The molecule has 1 heterocycles. The topological polar surface area (TPSA) is 58.6 Å². The van der Waals surface area contributed by atoms with Crippen LogP contribution in [0.4, 0.5) is 0 Å². The molecule has 0 aliphatic rings. The Hall–Kier alpha value is -1.49. The van der Waals surface area contributed by atoms with Crippen molar-refractivity contribution in [3.8, 4) is 0 Å². The third-order valence-electron chi connectivity index (χ3n) is 2.20. The summed E-state index contributed by atoms with van der Waals surface area (Å²) in [6, 6.07) is 9.99. The minimum absolute atomic E-state index is 0.397. The SMILES string of the molecule is Cc1nc(S(=O)CCc2ccccc2)n[nH]1. The quantitative estimate of drug-likeness (QED) is 0.873. The van der Waals surface area contributed by atoms with E-state index in [1.165, 1.54) is 5.56 Å². The van der Waals surface area contributed by atoms with Gasteiger partial charge in [0, 0.05) is 5.75 Å². The van der Waals surface area contributed by atoms with E-state index < -0.39 is 10.8 Å². The monoisotopic (exact) mass is 235 g/mol. The van der Waals surface area contributed by atoms with Gasteiger partial charge in [0.25, 0.3) is 0 Å². The highest BCUT2D eigenvalue weighted by Gasteiger charge is 2.08. The molecule has 1 unspecified atom stereocenters. The van der Waals surface area contributed by atoms with Crippen LogP contribution in [0.1, 0.15) is 11.4 Å². The van der Waals surface area contributed by atoms with Gasteiger partial charge in [-0.1, -0.05) is 30.3 Å². The van der Waals surface area contributed by atoms with Crippen molar-refractivity contribution >= 4 is 10.8 Å². The Labute approximate surface area is 96.6 Å². The first-order valence-electron chi connectivity index (χ1n) is 5.07. The fourth-order valence-electron chi connectivity index (χ4n) is 1.37. The van der Waals surface area contributed by atoms with Crippen LogP contribution in [-0.2, 0) is 17.2 Å². The van der Waals surface area contributed by atoms with Crippen molar-refractivity contribution < 1.29 is 4.21 Å². The first kappa shape index (κ1) is 11.0. The standard InChI is InChI=1S/C11H13N3OS/c1-9-12-11(14-13-9)16(15)8-7-10-5-3-2-4-6-10/h2-6H,7-8H2,1H3,(H,12,13,14). The highest BCUT2D eigenvalue weighted by Crippen LogP contribution is 2.04. The number of rotatable bonds is 4. The van der Waals surface area contributed by atoms with Crippen LogP contribution in [0.25, 0.3) is 0 Å². The number of aromatic amines is 1. The van der Waals surface area contributed by atoms with Gasteiger partial charge in [-0.3, -0.25) is 9.31 Å². The van der Waals surface area contributed by atoms with Gasteiger partial charge in [-0.25, -0.2) is 4.98 Å². The Morgan fingerprint density at radius 3 is 2.69 bits per heavy atom. The summed E-state index contributed by atoms with van der Waals surface area (Å²) in [5.41, 5.74) is 1.18. The molecule has 0 amide bonds. The van der Waals surface area contributed by atoms with E-state index in [-0.39, 0.29) is 0 Å². The smallest absolute Gasteiger partial charge is 0.238 e. The summed E-state index contributed by atoms with van der Waals surface area (Å²) in [5, 5.41) is 6.98. The zero-order chi connectivity index (χ0) is 11.4. The molecule has 0 saturated heterocycles. The van der Waals surface area contributed by atoms with E-state index >= 15 is 0 Å². The molecular formula is C11H13N3OS. The molecule has 0 spiro atoms. The van der Waals surface area contributed by atoms with E-state index in [0.717, 1.165) is 6.42 Å². The van der Waals surface area contributed by atoms with E-state index in [0.29, 0.717) is 16.7 Å². The Balaban J connectivity index is 1.94. The number of nitrogens with zero attached hydrogens (tertiary/aromatic N) is 2. The van der Waals surface area contributed by atoms with Crippen molar-refractivity contribution in [2.75, 3.05) is 5.75 Å². The second kappa shape index (κ2) is 5.03. The molecule has 4 nitrogen and oxygen atoms in total. The summed E-state index contributed by atoms with van der Waals surface area (Å²) in [6.45, 7) is 1.80. The predicted molar refractivity (Wildman–Crippen MR) is 62.5 cm³/mol. The number of aromatic nitrogens is 3. The zero-order valence-electron chi connectivity index (χ0n) is 9.01. The van der Waals surface area contributed by atoms with Gasteiger partial charge in [0.1, 0.15) is 5.82 Å². The van der Waals surface area contributed by atoms with E-state index in [9.17, 15) is 4.21 Å². The number of benzene rings is 1. The average Bonchev–Trinajstić information content (AvgIpc) is 2.74. The maximum atomic E-state index is 11.8. The number of aryl methyl sites for hydroxylation is 2. The fourth-order valence-corrected chi connectivity index (χ4v) is 2.36. The van der Waals surface area contributed by atoms with Gasteiger partial charge in [-0.15, -0.1) is 5.10 Å². The van der Waals surface area contributed by atoms with Gasteiger partial charge >= 0.3 is 0 Å². The average molecular weight is 235 g/mol. The molecule has 2 aromatic rings. The Kier molecular flexibility index (Phi) is 3.46. The number of H-pyrrole nitrogens is 1. The molecule has 1 aromatic heterocycles. The molecule has 2 rings (SSSR count). The molecule has 5 heteroatoms. The predicted octanol–water partition coefficient (Wildman–Crippen LogP) is 1.46. The third kappa shape index (κ3) is 2.76. The van der Waals surface area contributed by atoms with Gasteiger partial charge < -0.3 is 0 Å². The van der Waals surface area contributed by atoms with Crippen molar-refractivity contribution in [1.82, 2.24) is 15.2 Å². The van der Waals surface area contributed by atoms with Crippen molar-refractivity contribution in [3.63, 3.8) is 0 Å². The van der Waals surface area contributed by atoms with Gasteiger partial charge in [0.05, 0.1) is 10.8 Å². The fraction of sp³-hybridized carbons (Fsp3) is 0.273. The first-order chi connectivity index (χ1) is 7.75. The molecule has 84 valence electrons. The second-order valence-corrected chi connectivity index (χ2v) is 4.95. The van der Waals surface area contributed by atoms with Crippen LogP contribution in [0.2, 0.25) is 0 Å². The molecule has 16 heavy (non-hydrogen) atoms. The number of nitrogens with one attached hydrogen (secondary N) is 1. The van der Waals surface area contributed by atoms with Crippen LogP contribution < -0.4 is 0 Å². The van der Waals surface area contributed by atoms with Gasteiger partial charge in [0.15, 0.2) is 0 Å². The minimum atomic E-state index is -1.12. The summed E-state index contributed by atoms with van der Waals surface area (Å²) < 4.78 is 11.8. The third-order valence-corrected chi connectivity index (χ3v) is 3.36. The molecule has 0 radical (unpaired) electrons. The maximum absolute atomic E-state index is 11.8. The Bertz CT molecular complexity index is 481. The lowest BCUT2D eigenvalue weighted by molar-refractivity contribution is 0.675. The normalized spacial score (nSPS) is 12.6. The highest BCUT2D eigenvalue weighted by molar-refractivity contribution is 7.84. The van der Waals surface area contributed by atoms with Gasteiger partial charge in [-0.2, -0.15) is 0 Å². The summed E-state index contributed by atoms with van der Waals surface area (Å²) >= 11 is 0. The van der Waals surface area contributed by atoms with Crippen LogP contribution in [0.15, 0.2) is 35.5 Å². The summed E-state index contributed by atoms with van der Waals surface area (Å²) in [6.07, 6.45) is 0.779. The van der Waals surface area contributed by atoms with Gasteiger partial charge in [-0.05, 0) is 18.9 Å². The van der Waals surface area contributed by atoms with Crippen molar-refractivity contribution in [1.29, 1.82) is 0 Å². The second-order valence-electron chi connectivity index (χ2n) is 3.49. The molecule has 1 atom stereocenters. The lowest BCUT2D eigenvalue weighted by Crippen LogP contribution is -2.03. The van der Waals surface area contributed by atoms with Crippen LogP contribution in [-0.4, -0.2) is 25.1 Å². The Morgan fingerprint density at radius 1 is 1.31 bits per heavy atom. The first-order valence-corrected chi connectivity index (χ1v) is 6.39. The van der Waals surface area contributed by atoms with Crippen LogP contribution in [0, 0.1) is 6.92 Å². The summed E-state index contributed by atoms with van der Waals surface area (Å²) in [5.74, 6) is 1.25. The maximum Gasteiger partial charge on any atom is 0.238 e. The van der Waals surface area contributed by atoms with Crippen LogP contribution >= 0.6 is 0 Å². The van der Waals surface area contributed by atoms with Crippen molar-refractivity contribution in [3.05, 3.63) is 41.7 Å². The molecule has 0 fully saturated rings. The minimum Gasteiger partial charge on any atom is -0.262 e. The molecule has 0 saturated carbocycles. The Morgan fingerprint density at radius 2 is 2.06 bits per heavy atom. The van der Waals surface area contributed by atoms with Crippen molar-refractivity contribution in [2.24, 2.45) is 0 Å². The molecule has 0 aliphatic carbocycles. The van der Waals surface area contributed by atoms with Crippen molar-refractivity contribution in [2.45, 2.75) is 18.5 Å². The molecule has 0 aliphatic heterocycles. The van der Waals surface area contributed by atoms with Gasteiger partial charge in [0.2, 0.25) is 5.16 Å². The van der Waals surface area contributed by atoms with Crippen LogP contribution in [0.5, 0.6) is 0 Å².